The first-order chi connectivity index (χ1) is 12.8. The zero-order valence-corrected chi connectivity index (χ0v) is 17.2. The predicted molar refractivity (Wildman–Crippen MR) is 110 cm³/mol. The number of hydrogen-bond donors (Lipinski definition) is 2. The molecular formula is C19H19BrClN3O3. The molecule has 2 amide bonds. The van der Waals surface area contributed by atoms with E-state index in [1.807, 2.05) is 19.1 Å². The third-order valence-corrected chi connectivity index (χ3v) is 4.45. The number of amides is 2. The van der Waals surface area contributed by atoms with Crippen molar-refractivity contribution in [2.75, 3.05) is 11.9 Å². The second kappa shape index (κ2) is 10.1. The van der Waals surface area contributed by atoms with E-state index in [0.29, 0.717) is 22.2 Å². The van der Waals surface area contributed by atoms with E-state index in [9.17, 15) is 9.59 Å². The maximum Gasteiger partial charge on any atom is 0.277 e. The van der Waals surface area contributed by atoms with Crippen LogP contribution in [-0.2, 0) is 9.59 Å². The predicted octanol–water partition coefficient (Wildman–Crippen LogP) is 4.31. The number of nitrogens with one attached hydrogen (secondary N) is 2. The largest absolute Gasteiger partial charge is 0.484 e. The number of hydrogen-bond acceptors (Lipinski definition) is 4. The minimum Gasteiger partial charge on any atom is -0.484 e. The lowest BCUT2D eigenvalue weighted by Crippen LogP contribution is -2.26. The highest BCUT2D eigenvalue weighted by Crippen LogP contribution is 2.23. The number of ether oxygens (including phenoxy) is 1. The summed E-state index contributed by atoms with van der Waals surface area (Å²) in [4.78, 5) is 23.9. The van der Waals surface area contributed by atoms with Crippen LogP contribution in [0.4, 0.5) is 5.69 Å². The first-order valence-electron chi connectivity index (χ1n) is 8.10. The van der Waals surface area contributed by atoms with E-state index < -0.39 is 5.91 Å². The lowest BCUT2D eigenvalue weighted by Gasteiger charge is -2.09. The fourth-order valence-electron chi connectivity index (χ4n) is 2.08. The molecular weight excluding hydrogens is 434 g/mol. The van der Waals surface area contributed by atoms with Gasteiger partial charge >= 0.3 is 0 Å². The SMILES string of the molecule is CC(CC(=O)Nc1cccc(Cl)c1C)=NNC(=O)COc1ccc(Br)cc1. The molecule has 0 radical (unpaired) electrons. The second-order valence-electron chi connectivity index (χ2n) is 5.76. The van der Waals surface area contributed by atoms with Crippen LogP contribution in [0.3, 0.4) is 0 Å². The van der Waals surface area contributed by atoms with Crippen molar-refractivity contribution in [3.8, 4) is 5.75 Å². The van der Waals surface area contributed by atoms with Crippen LogP contribution in [0.25, 0.3) is 0 Å². The standard InChI is InChI=1S/C19H19BrClN3O3/c1-12(10-18(25)22-17-5-3-4-16(21)13(17)2)23-24-19(26)11-27-15-8-6-14(20)7-9-15/h3-9H,10-11H2,1-2H3,(H,22,25)(H,24,26). The van der Waals surface area contributed by atoms with Crippen LogP contribution in [0.1, 0.15) is 18.9 Å². The van der Waals surface area contributed by atoms with Crippen LogP contribution >= 0.6 is 27.5 Å². The molecule has 0 saturated heterocycles. The Hall–Kier alpha value is -2.38. The number of halogens is 2. The van der Waals surface area contributed by atoms with E-state index >= 15 is 0 Å². The van der Waals surface area contributed by atoms with Crippen LogP contribution in [0.2, 0.25) is 5.02 Å². The molecule has 8 heteroatoms. The second-order valence-corrected chi connectivity index (χ2v) is 7.08. The molecule has 0 aliphatic carbocycles. The van der Waals surface area contributed by atoms with E-state index in [0.717, 1.165) is 10.0 Å². The molecule has 0 fully saturated rings. The average Bonchev–Trinajstić information content (AvgIpc) is 2.63. The third-order valence-electron chi connectivity index (χ3n) is 3.51. The number of carbonyl (C=O) groups excluding carboxylic acids is 2. The van der Waals surface area contributed by atoms with Crippen LogP contribution in [-0.4, -0.2) is 24.1 Å². The summed E-state index contributed by atoms with van der Waals surface area (Å²) >= 11 is 9.35. The number of nitrogens with zero attached hydrogens (tertiary/aromatic N) is 1. The summed E-state index contributed by atoms with van der Waals surface area (Å²) < 4.78 is 6.27. The number of anilines is 1. The van der Waals surface area contributed by atoms with Gasteiger partial charge in [-0.05, 0) is 55.8 Å². The van der Waals surface area contributed by atoms with Crippen LogP contribution in [0.15, 0.2) is 52.0 Å². The normalized spacial score (nSPS) is 11.0. The molecule has 0 atom stereocenters. The third kappa shape index (κ3) is 7.03. The van der Waals surface area contributed by atoms with Crippen LogP contribution < -0.4 is 15.5 Å². The number of hydrazone groups is 1. The van der Waals surface area contributed by atoms with E-state index in [-0.39, 0.29) is 18.9 Å². The Labute approximate surface area is 171 Å². The van der Waals surface area contributed by atoms with E-state index in [2.05, 4.69) is 31.8 Å². The van der Waals surface area contributed by atoms with Crippen molar-refractivity contribution >= 4 is 50.7 Å². The Bertz CT molecular complexity index is 854. The van der Waals surface area contributed by atoms with E-state index in [4.69, 9.17) is 16.3 Å². The zero-order valence-electron chi connectivity index (χ0n) is 14.9. The van der Waals surface area contributed by atoms with Gasteiger partial charge in [0.05, 0.1) is 6.42 Å². The fourth-order valence-corrected chi connectivity index (χ4v) is 2.52. The molecule has 2 N–H and O–H groups in total. The van der Waals surface area contributed by atoms with Gasteiger partial charge in [0.15, 0.2) is 6.61 Å². The molecule has 0 aliphatic heterocycles. The van der Waals surface area contributed by atoms with Gasteiger partial charge in [-0.1, -0.05) is 33.6 Å². The van der Waals surface area contributed by atoms with Gasteiger partial charge in [0, 0.05) is 20.9 Å². The molecule has 0 saturated carbocycles. The molecule has 0 spiro atoms. The van der Waals surface area contributed by atoms with Crippen molar-refractivity contribution in [1.82, 2.24) is 5.43 Å². The van der Waals surface area contributed by atoms with Crippen molar-refractivity contribution in [1.29, 1.82) is 0 Å². The first-order valence-corrected chi connectivity index (χ1v) is 9.27. The van der Waals surface area contributed by atoms with Crippen molar-refractivity contribution in [2.45, 2.75) is 20.3 Å². The minimum atomic E-state index is -0.414. The van der Waals surface area contributed by atoms with Gasteiger partial charge in [0.2, 0.25) is 5.91 Å². The molecule has 0 unspecified atom stereocenters. The van der Waals surface area contributed by atoms with Gasteiger partial charge in [-0.25, -0.2) is 5.43 Å². The molecule has 0 heterocycles. The highest BCUT2D eigenvalue weighted by Gasteiger charge is 2.09. The summed E-state index contributed by atoms with van der Waals surface area (Å²) in [5.41, 5.74) is 4.27. The summed E-state index contributed by atoms with van der Waals surface area (Å²) in [5, 5.41) is 7.27. The first kappa shape index (κ1) is 20.9. The van der Waals surface area contributed by atoms with Gasteiger partial charge in [0.25, 0.3) is 5.91 Å². The molecule has 27 heavy (non-hydrogen) atoms. The Kier molecular flexibility index (Phi) is 7.82. The highest BCUT2D eigenvalue weighted by molar-refractivity contribution is 9.10. The number of benzene rings is 2. The Morgan fingerprint density at radius 2 is 1.85 bits per heavy atom. The lowest BCUT2D eigenvalue weighted by molar-refractivity contribution is -0.123. The highest BCUT2D eigenvalue weighted by atomic mass is 79.9. The summed E-state index contributed by atoms with van der Waals surface area (Å²) in [6.45, 7) is 3.30. The topological polar surface area (TPSA) is 79.8 Å². The zero-order chi connectivity index (χ0) is 19.8. The van der Waals surface area contributed by atoms with Gasteiger partial charge in [-0.3, -0.25) is 9.59 Å². The van der Waals surface area contributed by atoms with Crippen LogP contribution in [0.5, 0.6) is 5.75 Å². The van der Waals surface area contributed by atoms with Gasteiger partial charge < -0.3 is 10.1 Å². The Morgan fingerprint density at radius 1 is 1.15 bits per heavy atom. The Morgan fingerprint density at radius 3 is 2.56 bits per heavy atom. The average molecular weight is 453 g/mol. The molecule has 0 aromatic heterocycles. The Balaban J connectivity index is 1.78. The van der Waals surface area contributed by atoms with Gasteiger partial charge in [0.1, 0.15) is 5.75 Å². The van der Waals surface area contributed by atoms with Crippen molar-refractivity contribution in [2.24, 2.45) is 5.10 Å². The summed E-state index contributed by atoms with van der Waals surface area (Å²) in [7, 11) is 0. The summed E-state index contributed by atoms with van der Waals surface area (Å²) in [6, 6.07) is 12.4. The van der Waals surface area contributed by atoms with Crippen molar-refractivity contribution in [3.05, 3.63) is 57.5 Å². The van der Waals surface area contributed by atoms with Gasteiger partial charge in [-0.2, -0.15) is 5.10 Å². The molecule has 2 aromatic rings. The number of rotatable bonds is 7. The lowest BCUT2D eigenvalue weighted by atomic mass is 10.2. The smallest absolute Gasteiger partial charge is 0.277 e. The maximum absolute atomic E-state index is 12.1. The monoisotopic (exact) mass is 451 g/mol. The van der Waals surface area contributed by atoms with E-state index in [1.165, 1.54) is 0 Å². The van der Waals surface area contributed by atoms with E-state index in [1.54, 1.807) is 37.3 Å². The van der Waals surface area contributed by atoms with Gasteiger partial charge in [-0.15, -0.1) is 0 Å². The maximum atomic E-state index is 12.1. The number of carbonyl (C=O) groups is 2. The summed E-state index contributed by atoms with van der Waals surface area (Å²) in [5.74, 6) is -0.0874. The molecule has 2 rings (SSSR count). The van der Waals surface area contributed by atoms with Crippen molar-refractivity contribution < 1.29 is 14.3 Å². The molecule has 6 nitrogen and oxygen atoms in total. The molecule has 142 valence electrons. The van der Waals surface area contributed by atoms with Crippen LogP contribution in [0, 0.1) is 6.92 Å². The summed E-state index contributed by atoms with van der Waals surface area (Å²) in [6.07, 6.45) is 0.0415. The fraction of sp³-hybridized carbons (Fsp3) is 0.211. The quantitative estimate of drug-likeness (QED) is 0.485. The molecule has 0 aliphatic rings. The molecule has 2 aromatic carbocycles. The minimum absolute atomic E-state index is 0.0415. The molecule has 0 bridgehead atoms. The van der Waals surface area contributed by atoms with Crippen molar-refractivity contribution in [3.63, 3.8) is 0 Å².